The zero-order chi connectivity index (χ0) is 52.9. The van der Waals surface area contributed by atoms with Crippen LogP contribution in [0.15, 0.2) is 109 Å². The summed E-state index contributed by atoms with van der Waals surface area (Å²) in [5.41, 5.74) is 0. The molecule has 416 valence electrons. The average Bonchev–Trinajstić information content (AvgIpc) is 3.39. The molecule has 0 aliphatic heterocycles. The molecule has 0 aromatic heterocycles. The molecule has 0 heterocycles. The summed E-state index contributed by atoms with van der Waals surface area (Å²) >= 11 is 0. The molecule has 0 spiro atoms. The van der Waals surface area contributed by atoms with Gasteiger partial charge in [-0.1, -0.05) is 246 Å². The first-order chi connectivity index (χ1) is 36.0. The molecular weight excluding hydrogens is 901 g/mol. The van der Waals surface area contributed by atoms with E-state index in [2.05, 4.69) is 130 Å². The second-order valence-electron chi connectivity index (χ2n) is 19.8. The van der Waals surface area contributed by atoms with Crippen molar-refractivity contribution in [1.29, 1.82) is 0 Å². The lowest BCUT2D eigenvalue weighted by Gasteiger charge is -2.18. The molecule has 0 amide bonds. The Balaban J connectivity index is 4.44. The van der Waals surface area contributed by atoms with Crippen LogP contribution >= 0.6 is 0 Å². The van der Waals surface area contributed by atoms with E-state index in [9.17, 15) is 14.4 Å². The number of esters is 3. The van der Waals surface area contributed by atoms with Gasteiger partial charge in [-0.25, -0.2) is 0 Å². The van der Waals surface area contributed by atoms with Gasteiger partial charge >= 0.3 is 17.9 Å². The summed E-state index contributed by atoms with van der Waals surface area (Å²) in [5, 5.41) is 0. The Morgan fingerprint density at radius 3 is 0.836 bits per heavy atom. The van der Waals surface area contributed by atoms with E-state index in [0.717, 1.165) is 128 Å². The highest BCUT2D eigenvalue weighted by atomic mass is 16.6. The third kappa shape index (κ3) is 58.8. The molecule has 1 atom stereocenters. The number of allylic oxidation sites excluding steroid dienone is 18. The lowest BCUT2D eigenvalue weighted by atomic mass is 10.1. The SMILES string of the molecule is CC/C=C\C/C=C\C/C=C\CCCCCCCCCC(=O)OCC(COC(=O)CCCCCCCC/C=C\C/C=C\C/C=C\CCCCCCC)OC(=O)CCCCCCCCC/C=C\C/C=C\C/C=C\CC. The van der Waals surface area contributed by atoms with E-state index >= 15 is 0 Å². The van der Waals surface area contributed by atoms with Crippen molar-refractivity contribution in [3.05, 3.63) is 109 Å². The smallest absolute Gasteiger partial charge is 0.306 e. The first kappa shape index (κ1) is 69.1. The van der Waals surface area contributed by atoms with Gasteiger partial charge in [0.1, 0.15) is 13.2 Å². The maximum Gasteiger partial charge on any atom is 0.306 e. The van der Waals surface area contributed by atoms with E-state index in [-0.39, 0.29) is 31.1 Å². The molecule has 0 aliphatic carbocycles. The summed E-state index contributed by atoms with van der Waals surface area (Å²) in [6.45, 7) is 6.39. The van der Waals surface area contributed by atoms with Crippen LogP contribution in [-0.4, -0.2) is 37.2 Å². The molecule has 73 heavy (non-hydrogen) atoms. The quantitative estimate of drug-likeness (QED) is 0.0261. The van der Waals surface area contributed by atoms with Crippen molar-refractivity contribution in [2.75, 3.05) is 13.2 Å². The Kier molecular flexibility index (Phi) is 57.4. The summed E-state index contributed by atoms with van der Waals surface area (Å²) in [6, 6.07) is 0. The number of carbonyl (C=O) groups excluding carboxylic acids is 3. The Hall–Kier alpha value is -3.93. The van der Waals surface area contributed by atoms with Gasteiger partial charge in [-0.15, -0.1) is 0 Å². The Bertz CT molecular complexity index is 1490. The number of carbonyl (C=O) groups is 3. The highest BCUT2D eigenvalue weighted by Crippen LogP contribution is 2.15. The van der Waals surface area contributed by atoms with Crippen LogP contribution in [0.2, 0.25) is 0 Å². The van der Waals surface area contributed by atoms with Gasteiger partial charge in [-0.2, -0.15) is 0 Å². The fraction of sp³-hybridized carbons (Fsp3) is 0.687. The summed E-state index contributed by atoms with van der Waals surface area (Å²) in [6.07, 6.45) is 82.2. The van der Waals surface area contributed by atoms with Gasteiger partial charge in [0.25, 0.3) is 0 Å². The predicted octanol–water partition coefficient (Wildman–Crippen LogP) is 20.7. The van der Waals surface area contributed by atoms with Crippen LogP contribution in [0.5, 0.6) is 0 Å². The van der Waals surface area contributed by atoms with Gasteiger partial charge in [0, 0.05) is 19.3 Å². The molecule has 0 bridgehead atoms. The molecule has 0 N–H and O–H groups in total. The van der Waals surface area contributed by atoms with Crippen LogP contribution in [0, 0.1) is 0 Å². The number of hydrogen-bond donors (Lipinski definition) is 0. The number of hydrogen-bond acceptors (Lipinski definition) is 6. The maximum absolute atomic E-state index is 12.9. The minimum absolute atomic E-state index is 0.0930. The van der Waals surface area contributed by atoms with Crippen LogP contribution in [-0.2, 0) is 28.6 Å². The van der Waals surface area contributed by atoms with E-state index in [1.807, 2.05) is 0 Å². The lowest BCUT2D eigenvalue weighted by molar-refractivity contribution is -0.167. The summed E-state index contributed by atoms with van der Waals surface area (Å²) in [4.78, 5) is 38.3. The minimum atomic E-state index is -0.797. The zero-order valence-corrected chi connectivity index (χ0v) is 47.6. The molecule has 0 aromatic carbocycles. The largest absolute Gasteiger partial charge is 0.462 e. The van der Waals surface area contributed by atoms with Crippen molar-refractivity contribution in [2.45, 2.75) is 284 Å². The first-order valence-corrected chi connectivity index (χ1v) is 30.4. The molecule has 0 aromatic rings. The summed E-state index contributed by atoms with van der Waals surface area (Å²) in [5.74, 6) is -0.920. The van der Waals surface area contributed by atoms with Crippen LogP contribution in [0.25, 0.3) is 0 Å². The van der Waals surface area contributed by atoms with Gasteiger partial charge in [-0.3, -0.25) is 14.4 Å². The highest BCUT2D eigenvalue weighted by Gasteiger charge is 2.19. The molecular formula is C67H112O6. The molecule has 0 saturated carbocycles. The van der Waals surface area contributed by atoms with Crippen LogP contribution in [0.3, 0.4) is 0 Å². The highest BCUT2D eigenvalue weighted by molar-refractivity contribution is 5.71. The van der Waals surface area contributed by atoms with Crippen LogP contribution in [0.1, 0.15) is 278 Å². The molecule has 0 aliphatic rings. The Morgan fingerprint density at radius 1 is 0.288 bits per heavy atom. The van der Waals surface area contributed by atoms with Crippen molar-refractivity contribution in [3.8, 4) is 0 Å². The fourth-order valence-electron chi connectivity index (χ4n) is 8.24. The molecule has 0 saturated heterocycles. The summed E-state index contributed by atoms with van der Waals surface area (Å²) in [7, 11) is 0. The molecule has 0 radical (unpaired) electrons. The van der Waals surface area contributed by atoms with E-state index in [0.29, 0.717) is 19.3 Å². The van der Waals surface area contributed by atoms with Crippen molar-refractivity contribution in [2.24, 2.45) is 0 Å². The molecule has 0 fully saturated rings. The second kappa shape index (κ2) is 60.6. The monoisotopic (exact) mass is 1010 g/mol. The molecule has 6 nitrogen and oxygen atoms in total. The number of unbranched alkanes of at least 4 members (excludes halogenated alkanes) is 25. The van der Waals surface area contributed by atoms with Crippen LogP contribution in [0.4, 0.5) is 0 Å². The Morgan fingerprint density at radius 2 is 0.534 bits per heavy atom. The predicted molar refractivity (Wildman–Crippen MR) is 316 cm³/mol. The molecule has 6 heteroatoms. The maximum atomic E-state index is 12.9. The fourth-order valence-corrected chi connectivity index (χ4v) is 8.24. The lowest BCUT2D eigenvalue weighted by Crippen LogP contribution is -2.30. The molecule has 0 rings (SSSR count). The Labute approximate surface area is 450 Å². The van der Waals surface area contributed by atoms with E-state index in [1.165, 1.54) is 109 Å². The third-order valence-corrected chi connectivity index (χ3v) is 12.7. The topological polar surface area (TPSA) is 78.9 Å². The van der Waals surface area contributed by atoms with E-state index < -0.39 is 6.10 Å². The normalized spacial score (nSPS) is 12.9. The van der Waals surface area contributed by atoms with Gasteiger partial charge in [0.15, 0.2) is 6.10 Å². The van der Waals surface area contributed by atoms with E-state index in [1.54, 1.807) is 0 Å². The minimum Gasteiger partial charge on any atom is -0.462 e. The zero-order valence-electron chi connectivity index (χ0n) is 47.6. The van der Waals surface area contributed by atoms with Gasteiger partial charge < -0.3 is 14.2 Å². The standard InChI is InChI=1S/C67H112O6/c1-4-7-10-13-16-19-22-25-28-31-32-33-34-37-39-42-45-48-51-54-57-60-66(69)72-63-64(73-67(70)61-58-55-52-49-46-43-40-36-30-27-24-21-18-15-12-9-6-3)62-71-65(68)59-56-53-50-47-44-41-38-35-29-26-23-20-17-14-11-8-5-2/h8-9,11-12,17-18,20-22,25-27,29-32,34,37,64H,4-7,10,13-16,19,23-24,28,33,35-36,38-63H2,1-3H3/b11-8-,12-9-,20-17-,21-18-,25-22-,29-26-,30-27-,32-31-,37-34-. The van der Waals surface area contributed by atoms with Crippen molar-refractivity contribution >= 4 is 17.9 Å². The van der Waals surface area contributed by atoms with Crippen LogP contribution < -0.4 is 0 Å². The second-order valence-corrected chi connectivity index (χ2v) is 19.8. The first-order valence-electron chi connectivity index (χ1n) is 30.4. The van der Waals surface area contributed by atoms with Gasteiger partial charge in [0.2, 0.25) is 0 Å². The number of rotatable bonds is 54. The van der Waals surface area contributed by atoms with Crippen molar-refractivity contribution in [3.63, 3.8) is 0 Å². The third-order valence-electron chi connectivity index (χ3n) is 12.7. The number of ether oxygens (including phenoxy) is 3. The van der Waals surface area contributed by atoms with Crippen molar-refractivity contribution < 1.29 is 28.6 Å². The van der Waals surface area contributed by atoms with Gasteiger partial charge in [-0.05, 0) is 122 Å². The van der Waals surface area contributed by atoms with E-state index in [4.69, 9.17) is 14.2 Å². The van der Waals surface area contributed by atoms with Crippen molar-refractivity contribution in [1.82, 2.24) is 0 Å². The molecule has 1 unspecified atom stereocenters. The average molecular weight is 1010 g/mol. The summed E-state index contributed by atoms with van der Waals surface area (Å²) < 4.78 is 16.9. The van der Waals surface area contributed by atoms with Gasteiger partial charge in [0.05, 0.1) is 0 Å².